The molecule has 1 aliphatic rings. The standard InChI is InChI=1S/C24H22F4N4O4S2/c1-23(2,3)31-38(35,36)12-32-21(33)20(37-22(32)34)17(13-5-7-19-15(8-13)11-29-30-19)9-14-4-6-16(25)10-18(14)24(26,27)28/h4-8,10-11,31,33H,9,12H2,1-3H3. The zero-order chi connectivity index (χ0) is 28.0. The number of thiazole rings is 1. The quantitative estimate of drug-likeness (QED) is 0.444. The summed E-state index contributed by atoms with van der Waals surface area (Å²) in [6.07, 6.45) is -3.89. The van der Waals surface area contributed by atoms with Crippen molar-refractivity contribution >= 4 is 33.1 Å². The second kappa shape index (κ2) is 9.75. The summed E-state index contributed by atoms with van der Waals surface area (Å²) < 4.78 is 83.2. The fraction of sp³-hybridized carbons (Fsp3) is 0.292. The summed E-state index contributed by atoms with van der Waals surface area (Å²) in [6, 6.07) is 6.93. The van der Waals surface area contributed by atoms with Crippen LogP contribution in [0.4, 0.5) is 17.6 Å². The van der Waals surface area contributed by atoms with Gasteiger partial charge in [0.15, 0.2) is 0 Å². The van der Waals surface area contributed by atoms with E-state index < -0.39 is 56.2 Å². The zero-order valence-corrected chi connectivity index (χ0v) is 21.9. The molecule has 8 nitrogen and oxygen atoms in total. The lowest BCUT2D eigenvalue weighted by atomic mass is 9.96. The number of alkyl halides is 3. The average Bonchev–Trinajstić information content (AvgIpc) is 3.35. The van der Waals surface area contributed by atoms with E-state index in [2.05, 4.69) is 14.9 Å². The number of hydrogen-bond acceptors (Lipinski definition) is 7. The van der Waals surface area contributed by atoms with Gasteiger partial charge in [0.1, 0.15) is 11.7 Å². The van der Waals surface area contributed by atoms with Crippen LogP contribution >= 0.6 is 11.3 Å². The first-order valence-electron chi connectivity index (χ1n) is 11.1. The normalized spacial score (nSPS) is 14.4. The number of aromatic hydroxyl groups is 1. The smallest absolute Gasteiger partial charge is 0.416 e. The van der Waals surface area contributed by atoms with Crippen LogP contribution in [0.25, 0.3) is 5.57 Å². The second-order valence-corrected chi connectivity index (χ2v) is 12.3. The van der Waals surface area contributed by atoms with E-state index in [4.69, 9.17) is 0 Å². The Kier molecular flexibility index (Phi) is 7.10. The Labute approximate surface area is 218 Å². The molecular weight excluding hydrogens is 548 g/mol. The van der Waals surface area contributed by atoms with E-state index in [1.165, 1.54) is 12.3 Å². The third kappa shape index (κ3) is 6.03. The Hall–Kier alpha value is -3.36. The zero-order valence-electron chi connectivity index (χ0n) is 20.3. The molecule has 0 atom stereocenters. The van der Waals surface area contributed by atoms with E-state index in [-0.39, 0.29) is 16.0 Å². The van der Waals surface area contributed by atoms with Crippen LogP contribution in [0.2, 0.25) is 0 Å². The fourth-order valence-corrected chi connectivity index (χ4v) is 6.55. The topological polar surface area (TPSA) is 113 Å². The van der Waals surface area contributed by atoms with Crippen molar-refractivity contribution in [1.29, 1.82) is 0 Å². The van der Waals surface area contributed by atoms with Gasteiger partial charge in [-0.1, -0.05) is 23.5 Å². The summed E-state index contributed by atoms with van der Waals surface area (Å²) in [5, 5.41) is 19.5. The van der Waals surface area contributed by atoms with Gasteiger partial charge in [0.05, 0.1) is 22.0 Å². The summed E-state index contributed by atoms with van der Waals surface area (Å²) >= 11 is 0.487. The summed E-state index contributed by atoms with van der Waals surface area (Å²) in [5.74, 6) is -2.70. The Balaban J connectivity index is 1.92. The summed E-state index contributed by atoms with van der Waals surface area (Å²) in [4.78, 5) is 11.8. The molecule has 0 saturated heterocycles. The van der Waals surface area contributed by atoms with Crippen molar-refractivity contribution in [3.05, 3.63) is 84.0 Å². The van der Waals surface area contributed by atoms with Gasteiger partial charge in [-0.05, 0) is 61.4 Å². The molecule has 0 aliphatic carbocycles. The van der Waals surface area contributed by atoms with Crippen molar-refractivity contribution in [2.24, 2.45) is 10.2 Å². The molecule has 0 amide bonds. The monoisotopic (exact) mass is 570 g/mol. The first kappa shape index (κ1) is 27.7. The molecular formula is C24H22F4N4O4S2. The van der Waals surface area contributed by atoms with Crippen LogP contribution in [-0.4, -0.2) is 29.8 Å². The van der Waals surface area contributed by atoms with E-state index >= 15 is 0 Å². The van der Waals surface area contributed by atoms with Crippen molar-refractivity contribution in [1.82, 2.24) is 9.29 Å². The molecule has 4 rings (SSSR count). The highest BCUT2D eigenvalue weighted by atomic mass is 32.2. The van der Waals surface area contributed by atoms with Crippen molar-refractivity contribution in [3.63, 3.8) is 0 Å². The van der Waals surface area contributed by atoms with E-state index in [9.17, 15) is 35.9 Å². The predicted molar refractivity (Wildman–Crippen MR) is 134 cm³/mol. The number of halogens is 4. The number of sulfonamides is 1. The van der Waals surface area contributed by atoms with Gasteiger partial charge >= 0.3 is 11.0 Å². The van der Waals surface area contributed by atoms with Gasteiger partial charge in [0.2, 0.25) is 15.9 Å². The highest BCUT2D eigenvalue weighted by Gasteiger charge is 2.34. The molecule has 0 saturated carbocycles. The predicted octanol–water partition coefficient (Wildman–Crippen LogP) is 2.86. The second-order valence-electron chi connectivity index (χ2n) is 9.62. The van der Waals surface area contributed by atoms with Gasteiger partial charge in [-0.25, -0.2) is 17.5 Å². The first-order valence-corrected chi connectivity index (χ1v) is 13.6. The molecule has 1 aromatic heterocycles. The molecule has 0 bridgehead atoms. The molecule has 2 heterocycles. The van der Waals surface area contributed by atoms with Crippen LogP contribution in [0.3, 0.4) is 0 Å². The van der Waals surface area contributed by atoms with Crippen LogP contribution in [0.5, 0.6) is 5.88 Å². The van der Waals surface area contributed by atoms with Crippen molar-refractivity contribution in [2.75, 3.05) is 0 Å². The van der Waals surface area contributed by atoms with Gasteiger partial charge in [0.25, 0.3) is 0 Å². The first-order chi connectivity index (χ1) is 17.5. The van der Waals surface area contributed by atoms with E-state index in [1.807, 2.05) is 0 Å². The third-order valence-electron chi connectivity index (χ3n) is 5.39. The molecule has 3 aromatic rings. The van der Waals surface area contributed by atoms with Gasteiger partial charge < -0.3 is 5.11 Å². The largest absolute Gasteiger partial charge is 0.493 e. The van der Waals surface area contributed by atoms with Gasteiger partial charge in [0, 0.05) is 17.5 Å². The Bertz CT molecular complexity index is 1730. The molecule has 0 spiro atoms. The van der Waals surface area contributed by atoms with Crippen molar-refractivity contribution < 1.29 is 31.1 Å². The lowest BCUT2D eigenvalue weighted by Crippen LogP contribution is -2.42. The van der Waals surface area contributed by atoms with E-state index in [0.717, 1.165) is 12.1 Å². The summed E-state index contributed by atoms with van der Waals surface area (Å²) in [5.41, 5.74) is -1.72. The van der Waals surface area contributed by atoms with Crippen LogP contribution < -0.4 is 20.2 Å². The number of aromatic nitrogens is 1. The molecule has 202 valence electrons. The average molecular weight is 571 g/mol. The van der Waals surface area contributed by atoms with Gasteiger partial charge in [-0.2, -0.15) is 23.4 Å². The minimum atomic E-state index is -4.88. The minimum absolute atomic E-state index is 0.102. The highest BCUT2D eigenvalue weighted by Crippen LogP contribution is 2.36. The number of fused-ring (bicyclic) bond motifs is 1. The van der Waals surface area contributed by atoms with E-state index in [0.29, 0.717) is 38.1 Å². The van der Waals surface area contributed by atoms with Crippen LogP contribution in [-0.2, 0) is 28.5 Å². The van der Waals surface area contributed by atoms with Crippen LogP contribution in [0.1, 0.15) is 42.3 Å². The maximum absolute atomic E-state index is 13.8. The SMILES string of the molecule is CC(C)(C)NS(=O)(=O)Cn1c(O)c(C(Cc2ccc(F)cc2C(F)(F)F)=c2ccc3c(c2)C=NN=3)sc1=O. The molecule has 1 aliphatic heterocycles. The number of benzene rings is 2. The molecule has 0 fully saturated rings. The van der Waals surface area contributed by atoms with Crippen LogP contribution in [0, 0.1) is 5.82 Å². The maximum atomic E-state index is 13.8. The minimum Gasteiger partial charge on any atom is -0.493 e. The molecule has 2 N–H and O–H groups in total. The molecule has 0 unspecified atom stereocenters. The van der Waals surface area contributed by atoms with Gasteiger partial charge in [-0.3, -0.25) is 9.36 Å². The summed E-state index contributed by atoms with van der Waals surface area (Å²) in [7, 11) is -4.08. The number of hydrogen-bond donors (Lipinski definition) is 2. The number of nitrogens with zero attached hydrogens (tertiary/aromatic N) is 3. The van der Waals surface area contributed by atoms with Crippen LogP contribution in [0.15, 0.2) is 51.4 Å². The van der Waals surface area contributed by atoms with Gasteiger partial charge in [-0.15, -0.1) is 0 Å². The highest BCUT2D eigenvalue weighted by molar-refractivity contribution is 7.88. The summed E-state index contributed by atoms with van der Waals surface area (Å²) in [6.45, 7) is 4.80. The molecule has 38 heavy (non-hydrogen) atoms. The molecule has 14 heteroatoms. The Morgan fingerprint density at radius 1 is 1.13 bits per heavy atom. The maximum Gasteiger partial charge on any atom is 0.416 e. The van der Waals surface area contributed by atoms with Crippen molar-refractivity contribution in [2.45, 2.75) is 44.8 Å². The van der Waals surface area contributed by atoms with Crippen molar-refractivity contribution in [3.8, 4) is 5.88 Å². The molecule has 2 aromatic carbocycles. The fourth-order valence-electron chi connectivity index (χ4n) is 3.94. The lowest BCUT2D eigenvalue weighted by Gasteiger charge is -2.20. The molecule has 0 radical (unpaired) electrons. The number of nitrogens with one attached hydrogen (secondary N) is 1. The van der Waals surface area contributed by atoms with E-state index in [1.54, 1.807) is 32.9 Å². The number of rotatable bonds is 6. The lowest BCUT2D eigenvalue weighted by molar-refractivity contribution is -0.138. The third-order valence-corrected chi connectivity index (χ3v) is 7.94. The Morgan fingerprint density at radius 3 is 2.50 bits per heavy atom. The Morgan fingerprint density at radius 2 is 1.84 bits per heavy atom.